The predicted octanol–water partition coefficient (Wildman–Crippen LogP) is 3.15. The molecular formula is C13H24N4. The van der Waals surface area contributed by atoms with Gasteiger partial charge in [0.2, 0.25) is 0 Å². The first kappa shape index (κ1) is 13.7. The summed E-state index contributed by atoms with van der Waals surface area (Å²) >= 11 is 0. The van der Waals surface area contributed by atoms with Gasteiger partial charge in [-0.25, -0.2) is 4.98 Å². The third kappa shape index (κ3) is 5.02. The Morgan fingerprint density at radius 3 is 2.53 bits per heavy atom. The van der Waals surface area contributed by atoms with Crippen LogP contribution in [0.1, 0.15) is 40.5 Å². The van der Waals surface area contributed by atoms with Crippen LogP contribution >= 0.6 is 0 Å². The van der Waals surface area contributed by atoms with Crippen molar-refractivity contribution in [3.63, 3.8) is 0 Å². The summed E-state index contributed by atoms with van der Waals surface area (Å²) in [5.41, 5.74) is 0. The Kier molecular flexibility index (Phi) is 5.73. The van der Waals surface area contributed by atoms with Crippen LogP contribution in [0, 0.1) is 5.92 Å². The van der Waals surface area contributed by atoms with Gasteiger partial charge in [-0.15, -0.1) is 0 Å². The van der Waals surface area contributed by atoms with E-state index in [1.54, 1.807) is 12.4 Å². The molecule has 96 valence electrons. The SMILES string of the molecule is CCNc1cncc(NC(C)CC(C)CC)n1. The van der Waals surface area contributed by atoms with E-state index >= 15 is 0 Å². The molecular weight excluding hydrogens is 212 g/mol. The fraction of sp³-hybridized carbons (Fsp3) is 0.692. The molecule has 0 aliphatic carbocycles. The van der Waals surface area contributed by atoms with Crippen LogP contribution in [0.4, 0.5) is 11.6 Å². The largest absolute Gasteiger partial charge is 0.369 e. The van der Waals surface area contributed by atoms with Gasteiger partial charge in [-0.2, -0.15) is 0 Å². The molecule has 1 rings (SSSR count). The van der Waals surface area contributed by atoms with Crippen molar-refractivity contribution >= 4 is 11.6 Å². The molecule has 0 fully saturated rings. The van der Waals surface area contributed by atoms with Crippen LogP contribution in [0.15, 0.2) is 12.4 Å². The summed E-state index contributed by atoms with van der Waals surface area (Å²) in [4.78, 5) is 8.62. The molecule has 4 nitrogen and oxygen atoms in total. The van der Waals surface area contributed by atoms with Crippen LogP contribution in [0.5, 0.6) is 0 Å². The van der Waals surface area contributed by atoms with E-state index < -0.39 is 0 Å². The van der Waals surface area contributed by atoms with Gasteiger partial charge in [0.25, 0.3) is 0 Å². The highest BCUT2D eigenvalue weighted by Crippen LogP contribution is 2.14. The molecule has 4 heteroatoms. The fourth-order valence-corrected chi connectivity index (χ4v) is 1.78. The molecule has 2 atom stereocenters. The zero-order valence-electron chi connectivity index (χ0n) is 11.3. The molecule has 1 aromatic rings. The Morgan fingerprint density at radius 2 is 1.88 bits per heavy atom. The second-order valence-electron chi connectivity index (χ2n) is 4.61. The second-order valence-corrected chi connectivity index (χ2v) is 4.61. The monoisotopic (exact) mass is 236 g/mol. The molecule has 2 N–H and O–H groups in total. The average Bonchev–Trinajstić information content (AvgIpc) is 2.29. The van der Waals surface area contributed by atoms with Crippen LogP contribution in [0.3, 0.4) is 0 Å². The van der Waals surface area contributed by atoms with E-state index in [2.05, 4.69) is 41.4 Å². The highest BCUT2D eigenvalue weighted by Gasteiger charge is 2.08. The fourth-order valence-electron chi connectivity index (χ4n) is 1.78. The highest BCUT2D eigenvalue weighted by molar-refractivity contribution is 5.41. The molecule has 0 aliphatic rings. The van der Waals surface area contributed by atoms with E-state index in [1.165, 1.54) is 6.42 Å². The number of hydrogen-bond acceptors (Lipinski definition) is 4. The molecule has 0 aromatic carbocycles. The molecule has 1 aromatic heterocycles. The Morgan fingerprint density at radius 1 is 1.18 bits per heavy atom. The van der Waals surface area contributed by atoms with Crippen molar-refractivity contribution in [1.29, 1.82) is 0 Å². The van der Waals surface area contributed by atoms with Crippen molar-refractivity contribution in [1.82, 2.24) is 9.97 Å². The van der Waals surface area contributed by atoms with Gasteiger partial charge in [0.1, 0.15) is 11.6 Å². The van der Waals surface area contributed by atoms with Crippen LogP contribution in [0.25, 0.3) is 0 Å². The lowest BCUT2D eigenvalue weighted by Gasteiger charge is -2.18. The predicted molar refractivity (Wildman–Crippen MR) is 73.4 cm³/mol. The molecule has 0 saturated heterocycles. The Balaban J connectivity index is 2.52. The van der Waals surface area contributed by atoms with Crippen molar-refractivity contribution < 1.29 is 0 Å². The lowest BCUT2D eigenvalue weighted by atomic mass is 10.0. The standard InChI is InChI=1S/C13H24N4/c1-5-10(3)7-11(4)16-13-9-14-8-12(17-13)15-6-2/h8-11H,5-7H2,1-4H3,(H2,15,16,17). The number of nitrogens with zero attached hydrogens (tertiary/aromatic N) is 2. The third-order valence-electron chi connectivity index (χ3n) is 2.84. The second kappa shape index (κ2) is 7.09. The van der Waals surface area contributed by atoms with Gasteiger partial charge in [0.05, 0.1) is 12.4 Å². The van der Waals surface area contributed by atoms with Crippen molar-refractivity contribution in [2.45, 2.75) is 46.6 Å². The van der Waals surface area contributed by atoms with Crippen LogP contribution < -0.4 is 10.6 Å². The quantitative estimate of drug-likeness (QED) is 0.763. The first-order valence-electron chi connectivity index (χ1n) is 6.48. The van der Waals surface area contributed by atoms with Crippen molar-refractivity contribution in [3.8, 4) is 0 Å². The van der Waals surface area contributed by atoms with Crippen molar-refractivity contribution in [3.05, 3.63) is 12.4 Å². The lowest BCUT2D eigenvalue weighted by Crippen LogP contribution is -2.19. The van der Waals surface area contributed by atoms with Crippen molar-refractivity contribution in [2.24, 2.45) is 5.92 Å². The van der Waals surface area contributed by atoms with Gasteiger partial charge in [-0.05, 0) is 26.2 Å². The van der Waals surface area contributed by atoms with Gasteiger partial charge in [0.15, 0.2) is 0 Å². The van der Waals surface area contributed by atoms with E-state index in [-0.39, 0.29) is 0 Å². The molecule has 0 bridgehead atoms. The minimum atomic E-state index is 0.427. The Bertz CT molecular complexity index is 327. The summed E-state index contributed by atoms with van der Waals surface area (Å²) in [7, 11) is 0. The molecule has 0 radical (unpaired) electrons. The first-order chi connectivity index (χ1) is 8.15. The number of aromatic nitrogens is 2. The van der Waals surface area contributed by atoms with E-state index in [0.717, 1.165) is 30.5 Å². The van der Waals surface area contributed by atoms with Gasteiger partial charge in [0, 0.05) is 12.6 Å². The average molecular weight is 236 g/mol. The molecule has 0 aliphatic heterocycles. The molecule has 17 heavy (non-hydrogen) atoms. The zero-order chi connectivity index (χ0) is 12.7. The maximum Gasteiger partial charge on any atom is 0.147 e. The third-order valence-corrected chi connectivity index (χ3v) is 2.84. The number of rotatable bonds is 7. The maximum absolute atomic E-state index is 4.45. The molecule has 0 saturated carbocycles. The number of hydrogen-bond donors (Lipinski definition) is 2. The first-order valence-corrected chi connectivity index (χ1v) is 6.48. The molecule has 1 heterocycles. The van der Waals surface area contributed by atoms with Gasteiger partial charge in [-0.3, -0.25) is 4.98 Å². The topological polar surface area (TPSA) is 49.8 Å². The van der Waals surface area contributed by atoms with Crippen LogP contribution in [0.2, 0.25) is 0 Å². The van der Waals surface area contributed by atoms with Gasteiger partial charge < -0.3 is 10.6 Å². The summed E-state index contributed by atoms with van der Waals surface area (Å²) in [5.74, 6) is 2.41. The van der Waals surface area contributed by atoms with E-state index in [0.29, 0.717) is 6.04 Å². The van der Waals surface area contributed by atoms with E-state index in [9.17, 15) is 0 Å². The van der Waals surface area contributed by atoms with E-state index in [1.807, 2.05) is 6.92 Å². The maximum atomic E-state index is 4.45. The lowest BCUT2D eigenvalue weighted by molar-refractivity contribution is 0.483. The van der Waals surface area contributed by atoms with Crippen LogP contribution in [-0.4, -0.2) is 22.6 Å². The van der Waals surface area contributed by atoms with E-state index in [4.69, 9.17) is 0 Å². The summed E-state index contributed by atoms with van der Waals surface area (Å²) in [6.45, 7) is 9.60. The molecule has 2 unspecified atom stereocenters. The van der Waals surface area contributed by atoms with Gasteiger partial charge >= 0.3 is 0 Å². The summed E-state index contributed by atoms with van der Waals surface area (Å²) in [6.07, 6.45) is 5.89. The Hall–Kier alpha value is -1.32. The van der Waals surface area contributed by atoms with Crippen molar-refractivity contribution in [2.75, 3.05) is 17.2 Å². The zero-order valence-corrected chi connectivity index (χ0v) is 11.3. The molecule has 0 spiro atoms. The summed E-state index contributed by atoms with van der Waals surface area (Å²) < 4.78 is 0. The minimum Gasteiger partial charge on any atom is -0.369 e. The molecule has 0 amide bonds. The van der Waals surface area contributed by atoms with Crippen LogP contribution in [-0.2, 0) is 0 Å². The summed E-state index contributed by atoms with van der Waals surface area (Å²) in [6, 6.07) is 0.427. The normalized spacial score (nSPS) is 14.1. The van der Waals surface area contributed by atoms with Gasteiger partial charge in [-0.1, -0.05) is 20.3 Å². The minimum absolute atomic E-state index is 0.427. The summed E-state index contributed by atoms with van der Waals surface area (Å²) in [5, 5.41) is 6.55. The highest BCUT2D eigenvalue weighted by atomic mass is 15.1. The Labute approximate surface area is 104 Å². The smallest absolute Gasteiger partial charge is 0.147 e. The number of nitrogens with one attached hydrogen (secondary N) is 2. The number of anilines is 2.